The van der Waals surface area contributed by atoms with Crippen molar-refractivity contribution >= 4 is 28.9 Å². The zero-order valence-corrected chi connectivity index (χ0v) is 14.3. The quantitative estimate of drug-likeness (QED) is 0.828. The average Bonchev–Trinajstić information content (AvgIpc) is 3.10. The van der Waals surface area contributed by atoms with Crippen LogP contribution in [0.2, 0.25) is 0 Å². The van der Waals surface area contributed by atoms with E-state index in [0.717, 1.165) is 0 Å². The van der Waals surface area contributed by atoms with Crippen molar-refractivity contribution in [3.8, 4) is 0 Å². The van der Waals surface area contributed by atoms with Crippen molar-refractivity contribution in [2.24, 2.45) is 0 Å². The summed E-state index contributed by atoms with van der Waals surface area (Å²) in [6.45, 7) is 6.26. The number of hydrogen-bond donors (Lipinski definition) is 2. The number of carboxylic acid groups (broad SMARTS) is 1. The molecule has 3 N–H and O–H groups in total. The third kappa shape index (κ3) is 3.19. The molecule has 0 radical (unpaired) electrons. The first-order valence-electron chi connectivity index (χ1n) is 7.87. The zero-order valence-electron chi connectivity index (χ0n) is 14.3. The van der Waals surface area contributed by atoms with Crippen LogP contribution in [0.3, 0.4) is 0 Å². The van der Waals surface area contributed by atoms with Crippen LogP contribution in [0.1, 0.15) is 43.7 Å². The number of carbonyl (C=O) groups is 2. The van der Waals surface area contributed by atoms with Gasteiger partial charge in [-0.1, -0.05) is 0 Å². The van der Waals surface area contributed by atoms with E-state index in [4.69, 9.17) is 10.5 Å². The van der Waals surface area contributed by atoms with Gasteiger partial charge in [0.05, 0.1) is 11.4 Å². The number of likely N-dealkylation sites (tertiary alicyclic amines) is 1. The number of amides is 1. The number of ether oxygens (including phenoxy) is 1. The van der Waals surface area contributed by atoms with E-state index in [1.807, 2.05) is 0 Å². The number of nitrogen functional groups attached to an aromatic ring is 1. The Balaban J connectivity index is 1.90. The lowest BCUT2D eigenvalue weighted by Crippen LogP contribution is -2.35. The number of carbonyl (C=O) groups excluding carboxylic acids is 1. The first kappa shape index (κ1) is 16.9. The standard InChI is InChI=1S/C15H20N6O4/c1-15(2,3)25-14(24)20-5-4-8(6-20)21-12-9(10(19-21)13(22)23)11(16)17-7-18-12/h7-8H,4-6H2,1-3H3,(H,22,23)(H2,16,17,18). The predicted molar refractivity (Wildman–Crippen MR) is 88.2 cm³/mol. The molecular weight excluding hydrogens is 328 g/mol. The van der Waals surface area contributed by atoms with Crippen molar-refractivity contribution in [3.05, 3.63) is 12.0 Å². The molecule has 1 unspecified atom stereocenters. The molecule has 1 fully saturated rings. The molecule has 2 aromatic heterocycles. The highest BCUT2D eigenvalue weighted by atomic mass is 16.6. The molecule has 1 saturated heterocycles. The van der Waals surface area contributed by atoms with Gasteiger partial charge < -0.3 is 20.5 Å². The molecule has 2 aromatic rings. The molecular formula is C15H20N6O4. The van der Waals surface area contributed by atoms with Crippen LogP contribution in [0.5, 0.6) is 0 Å². The van der Waals surface area contributed by atoms with Gasteiger partial charge in [0.15, 0.2) is 11.3 Å². The summed E-state index contributed by atoms with van der Waals surface area (Å²) in [4.78, 5) is 33.2. The lowest BCUT2D eigenvalue weighted by molar-refractivity contribution is 0.0288. The van der Waals surface area contributed by atoms with Gasteiger partial charge in [-0.2, -0.15) is 5.10 Å². The molecule has 10 nitrogen and oxygen atoms in total. The summed E-state index contributed by atoms with van der Waals surface area (Å²) in [6, 6.07) is -0.211. The molecule has 3 rings (SSSR count). The number of anilines is 1. The first-order valence-corrected chi connectivity index (χ1v) is 7.87. The zero-order chi connectivity index (χ0) is 18.4. The lowest BCUT2D eigenvalue weighted by Gasteiger charge is -2.24. The van der Waals surface area contributed by atoms with Crippen LogP contribution in [0.4, 0.5) is 10.6 Å². The molecule has 134 valence electrons. The van der Waals surface area contributed by atoms with Crippen LogP contribution in [-0.4, -0.2) is 60.5 Å². The van der Waals surface area contributed by atoms with Crippen LogP contribution in [0.15, 0.2) is 6.33 Å². The van der Waals surface area contributed by atoms with E-state index in [9.17, 15) is 14.7 Å². The van der Waals surface area contributed by atoms with Gasteiger partial charge in [0, 0.05) is 13.1 Å². The summed E-state index contributed by atoms with van der Waals surface area (Å²) < 4.78 is 6.89. The van der Waals surface area contributed by atoms with Crippen LogP contribution >= 0.6 is 0 Å². The lowest BCUT2D eigenvalue weighted by atomic mass is 10.2. The molecule has 10 heteroatoms. The summed E-state index contributed by atoms with van der Waals surface area (Å²) in [5.41, 5.74) is 5.38. The summed E-state index contributed by atoms with van der Waals surface area (Å²) in [5, 5.41) is 13.7. The van der Waals surface area contributed by atoms with Gasteiger partial charge >= 0.3 is 12.1 Å². The Labute approximate surface area is 143 Å². The SMILES string of the molecule is CC(C)(C)OC(=O)N1CCC(n2nc(C(=O)O)c3c(N)ncnc32)C1. The third-order valence-corrected chi connectivity index (χ3v) is 3.88. The maximum atomic E-state index is 12.2. The summed E-state index contributed by atoms with van der Waals surface area (Å²) in [5.74, 6) is -1.14. The molecule has 1 aliphatic heterocycles. The summed E-state index contributed by atoms with van der Waals surface area (Å²) in [6.07, 6.45) is 1.47. The number of nitrogens with two attached hydrogens (primary N) is 1. The van der Waals surface area contributed by atoms with Crippen LogP contribution < -0.4 is 5.73 Å². The number of fused-ring (bicyclic) bond motifs is 1. The van der Waals surface area contributed by atoms with Gasteiger partial charge in [0.25, 0.3) is 0 Å². The Morgan fingerprint density at radius 2 is 2.08 bits per heavy atom. The second-order valence-electron chi connectivity index (χ2n) is 6.92. The van der Waals surface area contributed by atoms with E-state index < -0.39 is 17.7 Å². The minimum Gasteiger partial charge on any atom is -0.476 e. The minimum atomic E-state index is -1.20. The normalized spacial score (nSPS) is 17.9. The molecule has 25 heavy (non-hydrogen) atoms. The first-order chi connectivity index (χ1) is 11.7. The second-order valence-corrected chi connectivity index (χ2v) is 6.92. The van der Waals surface area contributed by atoms with Crippen LogP contribution in [0.25, 0.3) is 11.0 Å². The Kier molecular flexibility index (Phi) is 3.97. The Bertz CT molecular complexity index is 840. The summed E-state index contributed by atoms with van der Waals surface area (Å²) in [7, 11) is 0. The molecule has 3 heterocycles. The molecule has 0 spiro atoms. The van der Waals surface area contributed by atoms with Crippen molar-refractivity contribution in [3.63, 3.8) is 0 Å². The summed E-state index contributed by atoms with van der Waals surface area (Å²) >= 11 is 0. The average molecular weight is 348 g/mol. The topological polar surface area (TPSA) is 136 Å². The van der Waals surface area contributed by atoms with E-state index in [2.05, 4.69) is 15.1 Å². The number of nitrogens with zero attached hydrogens (tertiary/aromatic N) is 5. The van der Waals surface area contributed by atoms with Crippen molar-refractivity contribution < 1.29 is 19.4 Å². The van der Waals surface area contributed by atoms with Crippen molar-refractivity contribution in [2.45, 2.75) is 38.8 Å². The fraction of sp³-hybridized carbons (Fsp3) is 0.533. The molecule has 0 saturated carbocycles. The number of carboxylic acids is 1. The molecule has 0 bridgehead atoms. The Morgan fingerprint density at radius 3 is 2.72 bits per heavy atom. The minimum absolute atomic E-state index is 0.0654. The van der Waals surface area contributed by atoms with Crippen molar-refractivity contribution in [1.82, 2.24) is 24.6 Å². The maximum absolute atomic E-state index is 12.2. The highest BCUT2D eigenvalue weighted by molar-refractivity contribution is 6.04. The number of aromatic nitrogens is 4. The molecule has 1 aliphatic rings. The van der Waals surface area contributed by atoms with E-state index in [0.29, 0.717) is 25.2 Å². The maximum Gasteiger partial charge on any atom is 0.410 e. The number of aromatic carboxylic acids is 1. The van der Waals surface area contributed by atoms with Gasteiger partial charge in [0.1, 0.15) is 17.7 Å². The van der Waals surface area contributed by atoms with E-state index in [-0.39, 0.29) is 22.9 Å². The second kappa shape index (κ2) is 5.87. The van der Waals surface area contributed by atoms with E-state index in [1.54, 1.807) is 25.7 Å². The van der Waals surface area contributed by atoms with Gasteiger partial charge in [0.2, 0.25) is 0 Å². The number of hydrogen-bond acceptors (Lipinski definition) is 7. The van der Waals surface area contributed by atoms with E-state index in [1.165, 1.54) is 11.0 Å². The van der Waals surface area contributed by atoms with Crippen LogP contribution in [0, 0.1) is 0 Å². The van der Waals surface area contributed by atoms with Gasteiger partial charge in [-0.15, -0.1) is 0 Å². The number of rotatable bonds is 2. The molecule has 0 aliphatic carbocycles. The highest BCUT2D eigenvalue weighted by Crippen LogP contribution is 2.29. The van der Waals surface area contributed by atoms with Gasteiger partial charge in [-0.3, -0.25) is 0 Å². The molecule has 1 atom stereocenters. The fourth-order valence-corrected chi connectivity index (χ4v) is 2.83. The smallest absolute Gasteiger partial charge is 0.410 e. The fourth-order valence-electron chi connectivity index (χ4n) is 2.83. The monoisotopic (exact) mass is 348 g/mol. The Morgan fingerprint density at radius 1 is 1.36 bits per heavy atom. The van der Waals surface area contributed by atoms with Gasteiger partial charge in [-0.05, 0) is 27.2 Å². The largest absolute Gasteiger partial charge is 0.476 e. The highest BCUT2D eigenvalue weighted by Gasteiger charge is 2.33. The van der Waals surface area contributed by atoms with E-state index >= 15 is 0 Å². The van der Waals surface area contributed by atoms with Crippen molar-refractivity contribution in [1.29, 1.82) is 0 Å². The predicted octanol–water partition coefficient (Wildman–Crippen LogP) is 1.29. The molecule has 1 amide bonds. The third-order valence-electron chi connectivity index (χ3n) is 3.88. The van der Waals surface area contributed by atoms with Crippen LogP contribution in [-0.2, 0) is 4.74 Å². The Hall–Kier alpha value is -2.91. The van der Waals surface area contributed by atoms with Crippen molar-refractivity contribution in [2.75, 3.05) is 18.8 Å². The molecule has 0 aromatic carbocycles. The van der Waals surface area contributed by atoms with Gasteiger partial charge in [-0.25, -0.2) is 24.2 Å².